The molecular weight excluding hydrogens is 345 g/mol. The Morgan fingerprint density at radius 3 is 2.56 bits per heavy atom. The number of fused-ring (bicyclic) bond motifs is 1. The zero-order valence-electron chi connectivity index (χ0n) is 15.5. The molecule has 6 heteroatoms. The molecule has 1 unspecified atom stereocenters. The molecule has 2 amide bonds. The topological polar surface area (TPSA) is 52.6 Å². The van der Waals surface area contributed by atoms with E-state index < -0.39 is 0 Å². The summed E-state index contributed by atoms with van der Waals surface area (Å²) >= 11 is 0. The lowest BCUT2D eigenvalue weighted by molar-refractivity contribution is -0.130. The van der Waals surface area contributed by atoms with E-state index in [4.69, 9.17) is 0 Å². The Balaban J connectivity index is 1.46. The van der Waals surface area contributed by atoms with Gasteiger partial charge in [-0.05, 0) is 50.5 Å². The van der Waals surface area contributed by atoms with Crippen molar-refractivity contribution in [3.05, 3.63) is 47.8 Å². The van der Waals surface area contributed by atoms with Gasteiger partial charge < -0.3 is 15.1 Å². The first kappa shape index (κ1) is 17.9. The van der Waals surface area contributed by atoms with E-state index in [0.29, 0.717) is 29.3 Å². The molecule has 0 aliphatic carbocycles. The number of hydrogen-bond acceptors (Lipinski definition) is 3. The van der Waals surface area contributed by atoms with Crippen LogP contribution in [0.4, 0.5) is 4.39 Å². The summed E-state index contributed by atoms with van der Waals surface area (Å²) in [4.78, 5) is 29.4. The van der Waals surface area contributed by atoms with E-state index in [-0.39, 0.29) is 29.7 Å². The van der Waals surface area contributed by atoms with Crippen LogP contribution < -0.4 is 5.32 Å². The molecule has 0 spiro atoms. The lowest BCUT2D eigenvalue weighted by Gasteiger charge is -2.35. The molecule has 5 nitrogen and oxygen atoms in total. The second-order valence-electron chi connectivity index (χ2n) is 7.60. The fourth-order valence-electron chi connectivity index (χ4n) is 4.21. The highest BCUT2D eigenvalue weighted by Gasteiger charge is 2.36. The van der Waals surface area contributed by atoms with Gasteiger partial charge in [-0.25, -0.2) is 4.39 Å². The number of likely N-dealkylation sites (tertiary alicyclic amines) is 2. The van der Waals surface area contributed by atoms with Crippen LogP contribution >= 0.6 is 0 Å². The zero-order valence-corrected chi connectivity index (χ0v) is 15.5. The number of nitrogens with one attached hydrogen (secondary N) is 1. The van der Waals surface area contributed by atoms with Gasteiger partial charge in [0.05, 0.1) is 6.04 Å². The molecule has 2 heterocycles. The van der Waals surface area contributed by atoms with Crippen molar-refractivity contribution in [1.29, 1.82) is 0 Å². The summed E-state index contributed by atoms with van der Waals surface area (Å²) in [5, 5.41) is 4.00. The fourth-order valence-corrected chi connectivity index (χ4v) is 4.21. The molecule has 2 fully saturated rings. The maximum atomic E-state index is 14.0. The molecule has 0 bridgehead atoms. The van der Waals surface area contributed by atoms with Crippen LogP contribution in [0.2, 0.25) is 0 Å². The predicted octanol–water partition coefficient (Wildman–Crippen LogP) is 2.40. The van der Waals surface area contributed by atoms with Crippen LogP contribution in [-0.2, 0) is 4.79 Å². The second-order valence-corrected chi connectivity index (χ2v) is 7.60. The normalized spacial score (nSPS) is 21.8. The van der Waals surface area contributed by atoms with E-state index in [1.807, 2.05) is 4.90 Å². The minimum absolute atomic E-state index is 0.110. The Morgan fingerprint density at radius 2 is 1.81 bits per heavy atom. The summed E-state index contributed by atoms with van der Waals surface area (Å²) in [5.41, 5.74) is 0.442. The Hall–Kier alpha value is -2.47. The van der Waals surface area contributed by atoms with Crippen LogP contribution in [0, 0.1) is 5.82 Å². The van der Waals surface area contributed by atoms with Gasteiger partial charge in [0.2, 0.25) is 5.91 Å². The monoisotopic (exact) mass is 369 g/mol. The molecule has 2 aliphatic heterocycles. The van der Waals surface area contributed by atoms with Gasteiger partial charge in [-0.2, -0.15) is 0 Å². The fraction of sp³-hybridized carbons (Fsp3) is 0.429. The minimum atomic E-state index is -0.341. The summed E-state index contributed by atoms with van der Waals surface area (Å²) in [7, 11) is 2.10. The molecule has 2 aromatic rings. The Bertz CT molecular complexity index is 877. The molecule has 2 aliphatic rings. The summed E-state index contributed by atoms with van der Waals surface area (Å²) in [6.45, 7) is 2.54. The molecule has 27 heavy (non-hydrogen) atoms. The number of rotatable bonds is 3. The molecule has 0 radical (unpaired) electrons. The Labute approximate surface area is 158 Å². The molecular formula is C21H24FN3O2. The maximum absolute atomic E-state index is 14.0. The van der Waals surface area contributed by atoms with Gasteiger partial charge in [-0.3, -0.25) is 9.59 Å². The van der Waals surface area contributed by atoms with Crippen molar-refractivity contribution < 1.29 is 14.0 Å². The van der Waals surface area contributed by atoms with E-state index >= 15 is 0 Å². The molecule has 0 aromatic heterocycles. The molecule has 142 valence electrons. The minimum Gasteiger partial charge on any atom is -0.347 e. The first-order valence-corrected chi connectivity index (χ1v) is 9.49. The van der Waals surface area contributed by atoms with Crippen molar-refractivity contribution in [2.24, 2.45) is 0 Å². The number of carbonyl (C=O) groups is 2. The van der Waals surface area contributed by atoms with Crippen molar-refractivity contribution in [1.82, 2.24) is 15.1 Å². The van der Waals surface area contributed by atoms with Gasteiger partial charge in [0, 0.05) is 30.0 Å². The standard InChI is InChI=1S/C21H24FN3O2/c1-24-10-8-15(9-11-24)25-13-14(12-20(25)26)23-21(27)18-6-7-19(22)17-5-3-2-4-16(17)18/h2-7,14-15H,8-13H2,1H3,(H,23,27). The van der Waals surface area contributed by atoms with Crippen LogP contribution in [-0.4, -0.2) is 60.4 Å². The molecule has 4 rings (SSSR count). The average Bonchev–Trinajstić information content (AvgIpc) is 3.03. The van der Waals surface area contributed by atoms with Crippen LogP contribution in [0.1, 0.15) is 29.6 Å². The third-order valence-corrected chi connectivity index (χ3v) is 5.74. The van der Waals surface area contributed by atoms with Gasteiger partial charge >= 0.3 is 0 Å². The van der Waals surface area contributed by atoms with Crippen molar-refractivity contribution >= 4 is 22.6 Å². The van der Waals surface area contributed by atoms with Gasteiger partial charge in [0.15, 0.2) is 0 Å². The average molecular weight is 369 g/mol. The Kier molecular flexibility index (Phi) is 4.83. The first-order chi connectivity index (χ1) is 13.0. The van der Waals surface area contributed by atoms with Crippen molar-refractivity contribution in [2.45, 2.75) is 31.3 Å². The predicted molar refractivity (Wildman–Crippen MR) is 102 cm³/mol. The largest absolute Gasteiger partial charge is 0.347 e. The molecule has 2 aromatic carbocycles. The number of nitrogens with zero attached hydrogens (tertiary/aromatic N) is 2. The molecule has 1 N–H and O–H groups in total. The van der Waals surface area contributed by atoms with Crippen LogP contribution in [0.15, 0.2) is 36.4 Å². The van der Waals surface area contributed by atoms with E-state index in [0.717, 1.165) is 25.9 Å². The second kappa shape index (κ2) is 7.27. The third kappa shape index (κ3) is 3.54. The molecule has 0 saturated carbocycles. The van der Waals surface area contributed by atoms with E-state index in [9.17, 15) is 14.0 Å². The number of carbonyl (C=O) groups excluding carboxylic acids is 2. The van der Waals surface area contributed by atoms with Gasteiger partial charge in [-0.1, -0.05) is 24.3 Å². The van der Waals surface area contributed by atoms with Crippen LogP contribution in [0.3, 0.4) is 0 Å². The maximum Gasteiger partial charge on any atom is 0.252 e. The number of halogens is 1. The zero-order chi connectivity index (χ0) is 19.0. The number of benzene rings is 2. The van der Waals surface area contributed by atoms with E-state index in [2.05, 4.69) is 17.3 Å². The lowest BCUT2D eigenvalue weighted by Crippen LogP contribution is -2.45. The lowest BCUT2D eigenvalue weighted by atomic mass is 10.0. The van der Waals surface area contributed by atoms with Crippen LogP contribution in [0.5, 0.6) is 0 Å². The quantitative estimate of drug-likeness (QED) is 0.904. The van der Waals surface area contributed by atoms with Crippen molar-refractivity contribution in [2.75, 3.05) is 26.7 Å². The van der Waals surface area contributed by atoms with E-state index in [1.54, 1.807) is 24.3 Å². The summed E-state index contributed by atoms with van der Waals surface area (Å²) in [6.07, 6.45) is 2.29. The van der Waals surface area contributed by atoms with Gasteiger partial charge in [0.25, 0.3) is 5.91 Å². The first-order valence-electron chi connectivity index (χ1n) is 9.49. The molecule has 1 atom stereocenters. The van der Waals surface area contributed by atoms with E-state index in [1.165, 1.54) is 12.1 Å². The van der Waals surface area contributed by atoms with Crippen molar-refractivity contribution in [3.63, 3.8) is 0 Å². The SMILES string of the molecule is CN1CCC(N2CC(NC(=O)c3ccc(F)c4ccccc34)CC2=O)CC1. The summed E-state index contributed by atoms with van der Waals surface area (Å²) in [6, 6.07) is 9.86. The van der Waals surface area contributed by atoms with Gasteiger partial charge in [0.1, 0.15) is 5.82 Å². The highest BCUT2D eigenvalue weighted by Crippen LogP contribution is 2.24. The van der Waals surface area contributed by atoms with Crippen LogP contribution in [0.25, 0.3) is 10.8 Å². The molecule has 2 saturated heterocycles. The smallest absolute Gasteiger partial charge is 0.252 e. The number of piperidine rings is 1. The van der Waals surface area contributed by atoms with Crippen molar-refractivity contribution in [3.8, 4) is 0 Å². The highest BCUT2D eigenvalue weighted by molar-refractivity contribution is 6.07. The van der Waals surface area contributed by atoms with Gasteiger partial charge in [-0.15, -0.1) is 0 Å². The number of hydrogen-bond donors (Lipinski definition) is 1. The highest BCUT2D eigenvalue weighted by atomic mass is 19.1. The summed E-state index contributed by atoms with van der Waals surface area (Å²) in [5.74, 6) is -0.486. The summed E-state index contributed by atoms with van der Waals surface area (Å²) < 4.78 is 14.0. The number of amides is 2. The third-order valence-electron chi connectivity index (χ3n) is 5.74. The Morgan fingerprint density at radius 1 is 1.11 bits per heavy atom.